The maximum atomic E-state index is 12.4. The molecule has 0 radical (unpaired) electrons. The van der Waals surface area contributed by atoms with E-state index < -0.39 is 0 Å². The van der Waals surface area contributed by atoms with Gasteiger partial charge in [-0.15, -0.1) is 0 Å². The Labute approximate surface area is 138 Å². The van der Waals surface area contributed by atoms with Gasteiger partial charge in [0.25, 0.3) is 0 Å². The molecule has 3 heteroatoms. The van der Waals surface area contributed by atoms with Gasteiger partial charge in [-0.2, -0.15) is 0 Å². The first-order valence-electron chi connectivity index (χ1n) is 6.85. The number of thioether (sulfide) groups is 1. The van der Waals surface area contributed by atoms with Gasteiger partial charge in [0.15, 0.2) is 5.78 Å². The highest BCUT2D eigenvalue weighted by Crippen LogP contribution is 2.23. The lowest BCUT2D eigenvalue weighted by molar-refractivity contribution is 0.104. The first-order chi connectivity index (χ1) is 10.7. The molecule has 3 aromatic rings. The van der Waals surface area contributed by atoms with Crippen LogP contribution in [-0.2, 0) is 0 Å². The van der Waals surface area contributed by atoms with Gasteiger partial charge < -0.3 is 0 Å². The fourth-order valence-corrected chi connectivity index (χ4v) is 2.99. The molecule has 0 unspecified atom stereocenters. The Morgan fingerprint density at radius 3 is 2.45 bits per heavy atom. The fraction of sp³-hybridized carbons (Fsp3) is 0. The highest BCUT2D eigenvalue weighted by Gasteiger charge is 2.06. The van der Waals surface area contributed by atoms with Gasteiger partial charge in [-0.1, -0.05) is 65.8 Å². The molecule has 0 bridgehead atoms. The molecule has 0 fully saturated rings. The lowest BCUT2D eigenvalue weighted by atomic mass is 10.0. The summed E-state index contributed by atoms with van der Waals surface area (Å²) in [5.41, 5.74) is 0.728. The summed E-state index contributed by atoms with van der Waals surface area (Å²) in [6.07, 6.45) is 1.61. The van der Waals surface area contributed by atoms with Crippen LogP contribution in [0.3, 0.4) is 0 Å². The number of carbonyl (C=O) groups is 1. The van der Waals surface area contributed by atoms with Gasteiger partial charge in [-0.25, -0.2) is 0 Å². The van der Waals surface area contributed by atoms with E-state index in [4.69, 9.17) is 11.6 Å². The van der Waals surface area contributed by atoms with Gasteiger partial charge in [-0.3, -0.25) is 4.79 Å². The predicted molar refractivity (Wildman–Crippen MR) is 94.7 cm³/mol. The van der Waals surface area contributed by atoms with Gasteiger partial charge in [-0.05, 0) is 46.5 Å². The maximum Gasteiger partial charge on any atom is 0.186 e. The van der Waals surface area contributed by atoms with Crippen molar-refractivity contribution < 1.29 is 4.79 Å². The van der Waals surface area contributed by atoms with Crippen LogP contribution in [0.15, 0.2) is 83.1 Å². The molecule has 1 nitrogen and oxygen atoms in total. The number of carbonyl (C=O) groups excluding carboxylic acids is 1. The quantitative estimate of drug-likeness (QED) is 0.333. The Bertz CT molecular complexity index is 832. The number of ketones is 1. The van der Waals surface area contributed by atoms with Crippen LogP contribution >= 0.6 is 23.4 Å². The van der Waals surface area contributed by atoms with Crippen molar-refractivity contribution in [3.63, 3.8) is 0 Å². The molecule has 108 valence electrons. The molecule has 0 amide bonds. The summed E-state index contributed by atoms with van der Waals surface area (Å²) in [7, 11) is 0. The molecule has 0 heterocycles. The minimum absolute atomic E-state index is 0.0123. The van der Waals surface area contributed by atoms with Crippen LogP contribution in [0.4, 0.5) is 0 Å². The zero-order chi connectivity index (χ0) is 15.4. The van der Waals surface area contributed by atoms with Gasteiger partial charge in [0.2, 0.25) is 0 Å². The lowest BCUT2D eigenvalue weighted by Gasteiger charge is -2.02. The molecule has 0 saturated heterocycles. The highest BCUT2D eigenvalue weighted by atomic mass is 35.5. The first-order valence-corrected chi connectivity index (χ1v) is 8.11. The summed E-state index contributed by atoms with van der Waals surface area (Å²) >= 11 is 7.35. The van der Waals surface area contributed by atoms with Crippen molar-refractivity contribution in [1.29, 1.82) is 0 Å². The number of hydrogen-bond donors (Lipinski definition) is 0. The first kappa shape index (κ1) is 14.9. The van der Waals surface area contributed by atoms with E-state index >= 15 is 0 Å². The number of hydrogen-bond acceptors (Lipinski definition) is 2. The van der Waals surface area contributed by atoms with Gasteiger partial charge in [0.05, 0.1) is 0 Å². The Balaban J connectivity index is 1.78. The second-order valence-electron chi connectivity index (χ2n) is 4.77. The average Bonchev–Trinajstić information content (AvgIpc) is 2.56. The monoisotopic (exact) mass is 324 g/mol. The normalized spacial score (nSPS) is 11.1. The second kappa shape index (κ2) is 6.82. The zero-order valence-corrected chi connectivity index (χ0v) is 13.3. The lowest BCUT2D eigenvalue weighted by Crippen LogP contribution is -1.95. The van der Waals surface area contributed by atoms with Crippen LogP contribution in [0, 0.1) is 0 Å². The van der Waals surface area contributed by atoms with E-state index in [0.717, 1.165) is 21.2 Å². The van der Waals surface area contributed by atoms with E-state index in [0.29, 0.717) is 5.02 Å². The number of rotatable bonds is 4. The van der Waals surface area contributed by atoms with Crippen LogP contribution in [0.25, 0.3) is 10.8 Å². The van der Waals surface area contributed by atoms with E-state index in [-0.39, 0.29) is 5.78 Å². The zero-order valence-electron chi connectivity index (χ0n) is 11.7. The van der Waals surface area contributed by atoms with Crippen molar-refractivity contribution in [2.24, 2.45) is 0 Å². The summed E-state index contributed by atoms with van der Waals surface area (Å²) in [5.74, 6) is 0.0123. The van der Waals surface area contributed by atoms with E-state index in [1.165, 1.54) is 11.8 Å². The molecule has 0 atom stereocenters. The summed E-state index contributed by atoms with van der Waals surface area (Å²) in [5, 5.41) is 4.58. The third kappa shape index (κ3) is 3.41. The van der Waals surface area contributed by atoms with E-state index in [9.17, 15) is 4.79 Å². The molecule has 22 heavy (non-hydrogen) atoms. The molecule has 0 aromatic heterocycles. The number of benzene rings is 3. The number of halogens is 1. The molecule has 0 aliphatic rings. The van der Waals surface area contributed by atoms with Crippen molar-refractivity contribution in [2.75, 3.05) is 0 Å². The van der Waals surface area contributed by atoms with Crippen LogP contribution in [0.5, 0.6) is 0 Å². The van der Waals surface area contributed by atoms with Crippen LogP contribution < -0.4 is 0 Å². The number of allylic oxidation sites excluding steroid dienone is 1. The summed E-state index contributed by atoms with van der Waals surface area (Å²) in [4.78, 5) is 13.4. The molecular formula is C19H13ClOS. The third-order valence-corrected chi connectivity index (χ3v) is 4.36. The van der Waals surface area contributed by atoms with Crippen LogP contribution in [-0.4, -0.2) is 5.78 Å². The summed E-state index contributed by atoms with van der Waals surface area (Å²) in [6.45, 7) is 0. The Hall–Kier alpha value is -2.03. The van der Waals surface area contributed by atoms with Gasteiger partial charge >= 0.3 is 0 Å². The molecule has 0 saturated carbocycles. The third-order valence-electron chi connectivity index (χ3n) is 3.29. The summed E-state index contributed by atoms with van der Waals surface area (Å²) in [6, 6.07) is 21.2. The molecular weight excluding hydrogens is 312 g/mol. The average molecular weight is 325 g/mol. The van der Waals surface area contributed by atoms with E-state index in [1.807, 2.05) is 72.1 Å². The van der Waals surface area contributed by atoms with Crippen molar-refractivity contribution in [1.82, 2.24) is 0 Å². The topological polar surface area (TPSA) is 17.1 Å². The minimum Gasteiger partial charge on any atom is -0.289 e. The number of fused-ring (bicyclic) bond motifs is 1. The van der Waals surface area contributed by atoms with Crippen LogP contribution in [0.2, 0.25) is 5.02 Å². The van der Waals surface area contributed by atoms with E-state index in [1.54, 1.807) is 6.08 Å². The standard InChI is InChI=1S/C19H13ClOS/c20-15-8-10-16(11-9-15)22-13-12-19(21)18-7-3-5-14-4-1-2-6-17(14)18/h1-13H/b13-12+. The molecule has 0 aliphatic heterocycles. The predicted octanol–water partition coefficient (Wildman–Crippen LogP) is 5.98. The molecule has 0 aliphatic carbocycles. The van der Waals surface area contributed by atoms with Gasteiger partial charge in [0.1, 0.15) is 0 Å². The van der Waals surface area contributed by atoms with Crippen molar-refractivity contribution in [2.45, 2.75) is 4.90 Å². The molecule has 0 N–H and O–H groups in total. The van der Waals surface area contributed by atoms with E-state index in [2.05, 4.69) is 0 Å². The van der Waals surface area contributed by atoms with Crippen molar-refractivity contribution in [3.05, 3.63) is 88.8 Å². The van der Waals surface area contributed by atoms with Crippen molar-refractivity contribution >= 4 is 39.9 Å². The van der Waals surface area contributed by atoms with Crippen LogP contribution in [0.1, 0.15) is 10.4 Å². The molecule has 3 rings (SSSR count). The molecule has 3 aromatic carbocycles. The summed E-state index contributed by atoms with van der Waals surface area (Å²) < 4.78 is 0. The Kier molecular flexibility index (Phi) is 4.62. The largest absolute Gasteiger partial charge is 0.289 e. The minimum atomic E-state index is 0.0123. The Morgan fingerprint density at radius 1 is 0.909 bits per heavy atom. The highest BCUT2D eigenvalue weighted by molar-refractivity contribution is 8.02. The molecule has 0 spiro atoms. The smallest absolute Gasteiger partial charge is 0.186 e. The van der Waals surface area contributed by atoms with Gasteiger partial charge in [0, 0.05) is 15.5 Å². The second-order valence-corrected chi connectivity index (χ2v) is 6.18. The van der Waals surface area contributed by atoms with Crippen molar-refractivity contribution in [3.8, 4) is 0 Å². The Morgan fingerprint density at radius 2 is 1.64 bits per heavy atom. The fourth-order valence-electron chi connectivity index (χ4n) is 2.22. The maximum absolute atomic E-state index is 12.4. The SMILES string of the molecule is O=C(/C=C/Sc1ccc(Cl)cc1)c1cccc2ccccc12.